The Labute approximate surface area is 99.2 Å². The summed E-state index contributed by atoms with van der Waals surface area (Å²) >= 11 is 2.18. The van der Waals surface area contributed by atoms with Crippen molar-refractivity contribution in [2.75, 3.05) is 39.5 Å². The molecule has 1 saturated carbocycles. The van der Waals surface area contributed by atoms with E-state index in [0.29, 0.717) is 0 Å². The van der Waals surface area contributed by atoms with Gasteiger partial charge in [-0.25, -0.2) is 0 Å². The van der Waals surface area contributed by atoms with Gasteiger partial charge in [0.2, 0.25) is 0 Å². The van der Waals surface area contributed by atoms with Crippen LogP contribution in [-0.4, -0.2) is 49.6 Å². The number of rotatable bonds is 7. The van der Waals surface area contributed by atoms with Crippen LogP contribution in [0.5, 0.6) is 0 Å². The molecule has 0 aliphatic heterocycles. The first-order chi connectivity index (χ1) is 7.29. The molecule has 1 N–H and O–H groups in total. The van der Waals surface area contributed by atoms with Crippen LogP contribution >= 0.6 is 11.8 Å². The van der Waals surface area contributed by atoms with E-state index in [4.69, 9.17) is 0 Å². The molecule has 15 heavy (non-hydrogen) atoms. The highest BCUT2D eigenvalue weighted by Gasteiger charge is 2.12. The number of thioether (sulfide) groups is 1. The van der Waals surface area contributed by atoms with Gasteiger partial charge in [0, 0.05) is 30.6 Å². The first-order valence-electron chi connectivity index (χ1n) is 6.26. The predicted octanol–water partition coefficient (Wildman–Crippen LogP) is 2.20. The fourth-order valence-corrected chi connectivity index (χ4v) is 3.22. The smallest absolute Gasteiger partial charge is 0.0101 e. The SMILES string of the molecule is CN(C)CCNCCSC1CCCCC1. The maximum Gasteiger partial charge on any atom is 0.0101 e. The highest BCUT2D eigenvalue weighted by Crippen LogP contribution is 2.27. The van der Waals surface area contributed by atoms with Crippen LogP contribution in [0.2, 0.25) is 0 Å². The van der Waals surface area contributed by atoms with Crippen molar-refractivity contribution in [1.29, 1.82) is 0 Å². The first-order valence-corrected chi connectivity index (χ1v) is 7.31. The van der Waals surface area contributed by atoms with Crippen molar-refractivity contribution in [1.82, 2.24) is 10.2 Å². The van der Waals surface area contributed by atoms with E-state index in [9.17, 15) is 0 Å². The molecule has 0 aromatic rings. The van der Waals surface area contributed by atoms with E-state index < -0.39 is 0 Å². The van der Waals surface area contributed by atoms with E-state index in [-0.39, 0.29) is 0 Å². The molecule has 1 rings (SSSR count). The zero-order valence-electron chi connectivity index (χ0n) is 10.3. The second kappa shape index (κ2) is 8.43. The highest BCUT2D eigenvalue weighted by molar-refractivity contribution is 7.99. The van der Waals surface area contributed by atoms with E-state index in [0.717, 1.165) is 18.3 Å². The van der Waals surface area contributed by atoms with Gasteiger partial charge in [-0.15, -0.1) is 0 Å². The Hall–Kier alpha value is 0.270. The van der Waals surface area contributed by atoms with Gasteiger partial charge in [0.25, 0.3) is 0 Å². The van der Waals surface area contributed by atoms with Gasteiger partial charge in [-0.1, -0.05) is 19.3 Å². The molecule has 2 nitrogen and oxygen atoms in total. The number of hydrogen-bond acceptors (Lipinski definition) is 3. The molecular formula is C12H26N2S. The number of nitrogens with one attached hydrogen (secondary N) is 1. The van der Waals surface area contributed by atoms with Crippen molar-refractivity contribution in [3.63, 3.8) is 0 Å². The van der Waals surface area contributed by atoms with Crippen LogP contribution in [-0.2, 0) is 0 Å². The summed E-state index contributed by atoms with van der Waals surface area (Å²) in [4.78, 5) is 2.22. The molecule has 0 heterocycles. The molecule has 1 aliphatic carbocycles. The van der Waals surface area contributed by atoms with Crippen molar-refractivity contribution in [3.8, 4) is 0 Å². The Morgan fingerprint density at radius 3 is 2.53 bits per heavy atom. The summed E-state index contributed by atoms with van der Waals surface area (Å²) in [6.45, 7) is 3.45. The average molecular weight is 230 g/mol. The maximum atomic E-state index is 3.49. The van der Waals surface area contributed by atoms with Gasteiger partial charge in [0.1, 0.15) is 0 Å². The van der Waals surface area contributed by atoms with Crippen LogP contribution in [0.15, 0.2) is 0 Å². The van der Waals surface area contributed by atoms with E-state index in [2.05, 4.69) is 36.1 Å². The molecule has 0 saturated heterocycles. The monoisotopic (exact) mass is 230 g/mol. The topological polar surface area (TPSA) is 15.3 Å². The maximum absolute atomic E-state index is 3.49. The van der Waals surface area contributed by atoms with Crippen LogP contribution in [0.3, 0.4) is 0 Å². The lowest BCUT2D eigenvalue weighted by atomic mass is 10.0. The summed E-state index contributed by atoms with van der Waals surface area (Å²) in [5.74, 6) is 1.29. The van der Waals surface area contributed by atoms with Crippen LogP contribution in [0, 0.1) is 0 Å². The van der Waals surface area contributed by atoms with Crippen molar-refractivity contribution in [2.45, 2.75) is 37.4 Å². The Kier molecular flexibility index (Phi) is 7.49. The molecule has 0 aromatic carbocycles. The molecule has 0 amide bonds. The minimum Gasteiger partial charge on any atom is -0.315 e. The van der Waals surface area contributed by atoms with Gasteiger partial charge < -0.3 is 10.2 Å². The molecule has 90 valence electrons. The van der Waals surface area contributed by atoms with Crippen molar-refractivity contribution >= 4 is 11.8 Å². The van der Waals surface area contributed by atoms with Crippen molar-refractivity contribution in [3.05, 3.63) is 0 Å². The Bertz CT molecular complexity index is 145. The fraction of sp³-hybridized carbons (Fsp3) is 1.00. The summed E-state index contributed by atoms with van der Waals surface area (Å²) in [5, 5.41) is 4.46. The molecule has 1 aliphatic rings. The van der Waals surface area contributed by atoms with Gasteiger partial charge in [-0.05, 0) is 26.9 Å². The summed E-state index contributed by atoms with van der Waals surface area (Å²) in [7, 11) is 4.25. The van der Waals surface area contributed by atoms with Crippen LogP contribution < -0.4 is 5.32 Å². The fourth-order valence-electron chi connectivity index (χ4n) is 1.96. The Morgan fingerprint density at radius 2 is 1.87 bits per heavy atom. The lowest BCUT2D eigenvalue weighted by Gasteiger charge is -2.21. The summed E-state index contributed by atoms with van der Waals surface area (Å²) in [6, 6.07) is 0. The second-order valence-electron chi connectivity index (χ2n) is 4.68. The van der Waals surface area contributed by atoms with Gasteiger partial charge >= 0.3 is 0 Å². The molecule has 3 heteroatoms. The Morgan fingerprint density at radius 1 is 1.13 bits per heavy atom. The predicted molar refractivity (Wildman–Crippen MR) is 70.8 cm³/mol. The summed E-state index contributed by atoms with van der Waals surface area (Å²) in [5.41, 5.74) is 0. The van der Waals surface area contributed by atoms with Gasteiger partial charge in [-0.3, -0.25) is 0 Å². The number of hydrogen-bond donors (Lipinski definition) is 1. The van der Waals surface area contributed by atoms with Crippen molar-refractivity contribution in [2.24, 2.45) is 0 Å². The Balaban J connectivity index is 1.83. The van der Waals surface area contributed by atoms with E-state index in [1.807, 2.05) is 0 Å². The number of nitrogens with zero attached hydrogens (tertiary/aromatic N) is 1. The normalized spacial score (nSPS) is 18.6. The minimum absolute atomic E-state index is 0.967. The molecule has 0 bridgehead atoms. The van der Waals surface area contributed by atoms with Gasteiger partial charge in [-0.2, -0.15) is 11.8 Å². The summed E-state index contributed by atoms with van der Waals surface area (Å²) in [6.07, 6.45) is 7.32. The third kappa shape index (κ3) is 7.20. The quantitative estimate of drug-likeness (QED) is 0.675. The molecule has 0 unspecified atom stereocenters. The lowest BCUT2D eigenvalue weighted by molar-refractivity contribution is 0.403. The molecule has 0 spiro atoms. The van der Waals surface area contributed by atoms with Crippen LogP contribution in [0.1, 0.15) is 32.1 Å². The molecule has 0 radical (unpaired) electrons. The highest BCUT2D eigenvalue weighted by atomic mass is 32.2. The first kappa shape index (κ1) is 13.3. The van der Waals surface area contributed by atoms with Crippen molar-refractivity contribution < 1.29 is 0 Å². The van der Waals surface area contributed by atoms with Crippen LogP contribution in [0.4, 0.5) is 0 Å². The molecule has 1 fully saturated rings. The van der Waals surface area contributed by atoms with Gasteiger partial charge in [0.05, 0.1) is 0 Å². The standard InChI is InChI=1S/C12H26N2S/c1-14(2)10-8-13-9-11-15-12-6-4-3-5-7-12/h12-13H,3-11H2,1-2H3. The average Bonchev–Trinajstić information content (AvgIpc) is 2.24. The number of likely N-dealkylation sites (N-methyl/N-ethyl adjacent to an activating group) is 1. The van der Waals surface area contributed by atoms with E-state index >= 15 is 0 Å². The van der Waals surface area contributed by atoms with Crippen LogP contribution in [0.25, 0.3) is 0 Å². The second-order valence-corrected chi connectivity index (χ2v) is 6.09. The van der Waals surface area contributed by atoms with E-state index in [1.54, 1.807) is 0 Å². The largest absolute Gasteiger partial charge is 0.315 e. The minimum atomic E-state index is 0.967. The summed E-state index contributed by atoms with van der Waals surface area (Å²) < 4.78 is 0. The molecular weight excluding hydrogens is 204 g/mol. The third-order valence-corrected chi connectivity index (χ3v) is 4.30. The van der Waals surface area contributed by atoms with Gasteiger partial charge in [0.15, 0.2) is 0 Å². The zero-order chi connectivity index (χ0) is 10.9. The third-order valence-electron chi connectivity index (χ3n) is 2.92. The zero-order valence-corrected chi connectivity index (χ0v) is 11.1. The molecule has 0 atom stereocenters. The van der Waals surface area contributed by atoms with E-state index in [1.165, 1.54) is 44.4 Å². The molecule has 0 aromatic heterocycles. The lowest BCUT2D eigenvalue weighted by Crippen LogP contribution is -2.28.